The summed E-state index contributed by atoms with van der Waals surface area (Å²) in [5, 5.41) is -0.368. The van der Waals surface area contributed by atoms with E-state index in [-0.39, 0.29) is 17.2 Å². The maximum atomic E-state index is 12.3. The van der Waals surface area contributed by atoms with Crippen molar-refractivity contribution >= 4 is 27.7 Å². The largest absolute Gasteiger partial charge is 0.378 e. The fourth-order valence-electron chi connectivity index (χ4n) is 4.87. The van der Waals surface area contributed by atoms with E-state index in [1.807, 2.05) is 0 Å². The first kappa shape index (κ1) is 21.3. The number of nitrogens with one attached hydrogen (secondary N) is 1. The van der Waals surface area contributed by atoms with Crippen LogP contribution in [-0.4, -0.2) is 79.5 Å². The molecule has 32 heavy (non-hydrogen) atoms. The first-order chi connectivity index (χ1) is 15.5. The molecule has 0 radical (unpaired) electrons. The Labute approximate surface area is 187 Å². The number of hydrogen-bond donors (Lipinski definition) is 2. The quantitative estimate of drug-likeness (QED) is 0.635. The number of nitrogens with zero attached hydrogens (tertiary/aromatic N) is 6. The number of hydrogen-bond acceptors (Lipinski definition) is 10. The molecule has 2 atom stereocenters. The zero-order chi connectivity index (χ0) is 22.3. The minimum Gasteiger partial charge on any atom is -0.378 e. The van der Waals surface area contributed by atoms with E-state index in [1.165, 1.54) is 7.05 Å². The van der Waals surface area contributed by atoms with Crippen LogP contribution in [0.5, 0.6) is 0 Å². The molecule has 5 rings (SSSR count). The number of nitrogen functional groups attached to an aromatic ring is 1. The number of rotatable bonds is 5. The van der Waals surface area contributed by atoms with Crippen LogP contribution in [0.25, 0.3) is 11.3 Å². The fraction of sp³-hybridized carbons (Fsp3) is 0.600. The Bertz CT molecular complexity index is 1090. The van der Waals surface area contributed by atoms with E-state index in [2.05, 4.69) is 24.5 Å². The highest BCUT2D eigenvalue weighted by atomic mass is 32.2. The molecule has 11 nitrogen and oxygen atoms in total. The van der Waals surface area contributed by atoms with Crippen LogP contribution in [0.15, 0.2) is 12.4 Å². The maximum absolute atomic E-state index is 12.3. The second-order valence-corrected chi connectivity index (χ2v) is 10.6. The molecule has 172 valence electrons. The van der Waals surface area contributed by atoms with Crippen LogP contribution in [0.4, 0.5) is 17.7 Å². The van der Waals surface area contributed by atoms with Crippen LogP contribution in [0.1, 0.15) is 24.8 Å². The second kappa shape index (κ2) is 8.41. The van der Waals surface area contributed by atoms with Gasteiger partial charge >= 0.3 is 0 Å². The van der Waals surface area contributed by atoms with E-state index in [9.17, 15) is 8.42 Å². The summed E-state index contributed by atoms with van der Waals surface area (Å²) in [5.41, 5.74) is 8.36. The Hall–Kier alpha value is -2.57. The van der Waals surface area contributed by atoms with Crippen LogP contribution >= 0.6 is 0 Å². The Morgan fingerprint density at radius 2 is 1.88 bits per heavy atom. The van der Waals surface area contributed by atoms with E-state index in [4.69, 9.17) is 20.4 Å². The number of sulfonamides is 1. The molecule has 0 unspecified atom stereocenters. The van der Waals surface area contributed by atoms with Crippen LogP contribution in [-0.2, 0) is 21.2 Å². The number of ether oxygens (including phenoxy) is 1. The average Bonchev–Trinajstić information content (AvgIpc) is 3.47. The van der Waals surface area contributed by atoms with E-state index >= 15 is 0 Å². The fourth-order valence-corrected chi connectivity index (χ4v) is 6.13. The number of fused-ring (bicyclic) bond motifs is 1. The molecule has 2 fully saturated rings. The van der Waals surface area contributed by atoms with Gasteiger partial charge in [-0.1, -0.05) is 0 Å². The lowest BCUT2D eigenvalue weighted by atomic mass is 10.1. The summed E-state index contributed by atoms with van der Waals surface area (Å²) in [6.45, 7) is 3.51. The predicted octanol–water partition coefficient (Wildman–Crippen LogP) is 0.185. The molecule has 1 saturated heterocycles. The van der Waals surface area contributed by atoms with Crippen molar-refractivity contribution in [3.8, 4) is 11.3 Å². The molecule has 1 aliphatic carbocycles. The maximum Gasteiger partial charge on any atom is 0.228 e. The van der Waals surface area contributed by atoms with Gasteiger partial charge in [-0.2, -0.15) is 4.98 Å². The molecule has 0 bridgehead atoms. The van der Waals surface area contributed by atoms with Gasteiger partial charge in [-0.25, -0.2) is 28.1 Å². The van der Waals surface area contributed by atoms with Crippen molar-refractivity contribution in [1.29, 1.82) is 0 Å². The third-order valence-electron chi connectivity index (χ3n) is 6.61. The normalized spacial score (nSPS) is 23.5. The lowest BCUT2D eigenvalue weighted by molar-refractivity contribution is 0.122. The molecular formula is C20H28N8O3S. The summed E-state index contributed by atoms with van der Waals surface area (Å²) in [4.78, 5) is 22.6. The van der Waals surface area contributed by atoms with Gasteiger partial charge in [0.05, 0.1) is 24.2 Å². The summed E-state index contributed by atoms with van der Waals surface area (Å²) in [7, 11) is -1.80. The van der Waals surface area contributed by atoms with Crippen molar-refractivity contribution < 1.29 is 13.2 Å². The van der Waals surface area contributed by atoms with Gasteiger partial charge in [-0.15, -0.1) is 0 Å². The number of anilines is 3. The molecule has 1 saturated carbocycles. The van der Waals surface area contributed by atoms with Crippen molar-refractivity contribution in [2.24, 2.45) is 0 Å². The van der Waals surface area contributed by atoms with Crippen molar-refractivity contribution in [2.45, 2.75) is 37.0 Å². The summed E-state index contributed by atoms with van der Waals surface area (Å²) in [5.74, 6) is 1.77. The highest BCUT2D eigenvalue weighted by molar-refractivity contribution is 7.90. The van der Waals surface area contributed by atoms with E-state index in [1.54, 1.807) is 12.4 Å². The van der Waals surface area contributed by atoms with E-state index in [0.717, 1.165) is 55.1 Å². The molecule has 2 aromatic rings. The molecular weight excluding hydrogens is 432 g/mol. The van der Waals surface area contributed by atoms with Crippen LogP contribution in [0.3, 0.4) is 0 Å². The van der Waals surface area contributed by atoms with Gasteiger partial charge in [0.2, 0.25) is 21.9 Å². The molecule has 12 heteroatoms. The SMILES string of the molecule is CNS(=O)(=O)[C@H]1CC[C@@H](N2CCc3c(-c4cnc(N)nc4)nc(N4CCOCC4)nc32)C1. The van der Waals surface area contributed by atoms with Gasteiger partial charge in [0.25, 0.3) is 0 Å². The summed E-state index contributed by atoms with van der Waals surface area (Å²) in [6.07, 6.45) is 6.25. The lowest BCUT2D eigenvalue weighted by Gasteiger charge is -2.30. The lowest BCUT2D eigenvalue weighted by Crippen LogP contribution is -2.38. The van der Waals surface area contributed by atoms with Gasteiger partial charge in [-0.3, -0.25) is 0 Å². The molecule has 4 heterocycles. The molecule has 0 amide bonds. The smallest absolute Gasteiger partial charge is 0.228 e. The summed E-state index contributed by atoms with van der Waals surface area (Å²) in [6, 6.07) is 0.132. The number of aromatic nitrogens is 4. The number of nitrogens with two attached hydrogens (primary N) is 1. The van der Waals surface area contributed by atoms with E-state index < -0.39 is 10.0 Å². The van der Waals surface area contributed by atoms with Gasteiger partial charge in [0.15, 0.2) is 0 Å². The second-order valence-electron chi connectivity index (χ2n) is 8.39. The standard InChI is InChI=1S/C20H28N8O3S/c1-22-32(29,30)15-3-2-14(10-15)28-5-4-16-17(13-11-23-19(21)24-12-13)25-20(26-18(16)28)27-6-8-31-9-7-27/h11-12,14-15,22H,2-10H2,1H3,(H2,21,23,24)/t14-,15+/m1/s1. The highest BCUT2D eigenvalue weighted by Gasteiger charge is 2.40. The van der Waals surface area contributed by atoms with Gasteiger partial charge in [0, 0.05) is 49.2 Å². The number of morpholine rings is 1. The third-order valence-corrected chi connectivity index (χ3v) is 8.48. The highest BCUT2D eigenvalue weighted by Crippen LogP contribution is 2.40. The van der Waals surface area contributed by atoms with Crippen molar-refractivity contribution in [3.05, 3.63) is 18.0 Å². The topological polar surface area (TPSA) is 139 Å². The van der Waals surface area contributed by atoms with Gasteiger partial charge in [-0.05, 0) is 32.7 Å². The molecule has 3 N–H and O–H groups in total. The zero-order valence-corrected chi connectivity index (χ0v) is 18.9. The van der Waals surface area contributed by atoms with Gasteiger partial charge in [0.1, 0.15) is 5.82 Å². The third kappa shape index (κ3) is 3.86. The predicted molar refractivity (Wildman–Crippen MR) is 121 cm³/mol. The summed E-state index contributed by atoms with van der Waals surface area (Å²) >= 11 is 0. The minimum atomic E-state index is -3.28. The van der Waals surface area contributed by atoms with Crippen LogP contribution in [0.2, 0.25) is 0 Å². The van der Waals surface area contributed by atoms with Crippen molar-refractivity contribution in [2.75, 3.05) is 55.4 Å². The van der Waals surface area contributed by atoms with E-state index in [0.29, 0.717) is 32.0 Å². The van der Waals surface area contributed by atoms with Crippen LogP contribution < -0.4 is 20.3 Å². The van der Waals surface area contributed by atoms with Gasteiger partial charge < -0.3 is 20.3 Å². The zero-order valence-electron chi connectivity index (χ0n) is 18.1. The molecule has 0 spiro atoms. The van der Waals surface area contributed by atoms with Crippen LogP contribution in [0, 0.1) is 0 Å². The summed E-state index contributed by atoms with van der Waals surface area (Å²) < 4.78 is 32.7. The Kier molecular flexibility index (Phi) is 5.59. The minimum absolute atomic E-state index is 0.132. The first-order valence-electron chi connectivity index (χ1n) is 11.0. The molecule has 3 aliphatic rings. The average molecular weight is 461 g/mol. The Balaban J connectivity index is 1.52. The Morgan fingerprint density at radius 3 is 2.59 bits per heavy atom. The molecule has 2 aromatic heterocycles. The van der Waals surface area contributed by atoms with Crippen molar-refractivity contribution in [1.82, 2.24) is 24.7 Å². The molecule has 2 aliphatic heterocycles. The Morgan fingerprint density at radius 1 is 1.12 bits per heavy atom. The molecule has 0 aromatic carbocycles. The monoisotopic (exact) mass is 460 g/mol. The van der Waals surface area contributed by atoms with Crippen molar-refractivity contribution in [3.63, 3.8) is 0 Å². The first-order valence-corrected chi connectivity index (χ1v) is 12.5.